The summed E-state index contributed by atoms with van der Waals surface area (Å²) in [5, 5.41) is 4.92. The molecule has 0 amide bonds. The summed E-state index contributed by atoms with van der Waals surface area (Å²) in [6, 6.07) is 88.1. The molecule has 0 fully saturated rings. The first-order valence-electron chi connectivity index (χ1n) is 20.6. The van der Waals surface area contributed by atoms with E-state index in [1.807, 2.05) is 0 Å². The first-order chi connectivity index (χ1) is 29.8. The first kappa shape index (κ1) is 35.2. The van der Waals surface area contributed by atoms with Gasteiger partial charge in [-0.15, -0.1) is 0 Å². The third-order valence-electron chi connectivity index (χ3n) is 11.8. The van der Waals surface area contributed by atoms with Gasteiger partial charge in [0.2, 0.25) is 0 Å². The van der Waals surface area contributed by atoms with Crippen molar-refractivity contribution in [3.63, 3.8) is 0 Å². The summed E-state index contributed by atoms with van der Waals surface area (Å²) >= 11 is 0. The van der Waals surface area contributed by atoms with Gasteiger partial charge in [0.15, 0.2) is 0 Å². The predicted molar refractivity (Wildman–Crippen MR) is 255 cm³/mol. The molecule has 0 atom stereocenters. The number of hydrogen-bond donors (Lipinski definition) is 0. The van der Waals surface area contributed by atoms with Crippen LogP contribution in [0, 0.1) is 0 Å². The molecule has 0 unspecified atom stereocenters. The Morgan fingerprint density at radius 3 is 1.63 bits per heavy atom. The van der Waals surface area contributed by atoms with E-state index in [0.717, 1.165) is 28.3 Å². The number of para-hydroxylation sites is 2. The Morgan fingerprint density at radius 2 is 0.833 bits per heavy atom. The second kappa shape index (κ2) is 15.1. The van der Waals surface area contributed by atoms with Gasteiger partial charge >= 0.3 is 0 Å². The zero-order valence-corrected chi connectivity index (χ0v) is 33.0. The number of hydrogen-bond acceptors (Lipinski definition) is 1. The topological polar surface area (TPSA) is 8.17 Å². The van der Waals surface area contributed by atoms with Gasteiger partial charge < -0.3 is 9.47 Å². The minimum Gasteiger partial charge on any atom is -0.310 e. The standard InChI is InChI=1S/C58H40N2/c1-4-19-41(20-5-1)49-30-12-13-32-54(49)58-51(43-21-6-2-7-22-43)34-18-36-56(58)59(46-28-16-25-44(39-46)50-33-17-24-42-23-10-11-29-48(42)50)47-37-38-53-52-31-14-15-35-55(52)60(57(53)40-47)45-26-8-3-9-27-45/h1-40H. The van der Waals surface area contributed by atoms with Crippen molar-refractivity contribution in [2.45, 2.75) is 0 Å². The Kier molecular flexibility index (Phi) is 8.87. The lowest BCUT2D eigenvalue weighted by atomic mass is 9.87. The van der Waals surface area contributed by atoms with Crippen molar-refractivity contribution in [2.75, 3.05) is 4.90 Å². The highest BCUT2D eigenvalue weighted by molar-refractivity contribution is 6.11. The third-order valence-corrected chi connectivity index (χ3v) is 11.8. The van der Waals surface area contributed by atoms with Crippen molar-refractivity contribution in [3.8, 4) is 50.2 Å². The molecule has 0 N–H and O–H groups in total. The van der Waals surface area contributed by atoms with E-state index in [-0.39, 0.29) is 0 Å². The maximum absolute atomic E-state index is 2.48. The predicted octanol–water partition coefficient (Wildman–Crippen LogP) is 16.1. The fourth-order valence-corrected chi connectivity index (χ4v) is 9.11. The zero-order chi connectivity index (χ0) is 39.8. The summed E-state index contributed by atoms with van der Waals surface area (Å²) in [6.07, 6.45) is 0. The number of benzene rings is 10. The Balaban J connectivity index is 1.23. The Hall–Kier alpha value is -7.94. The highest BCUT2D eigenvalue weighted by Crippen LogP contribution is 2.49. The Labute approximate surface area is 350 Å². The molecule has 0 saturated carbocycles. The number of aromatic nitrogens is 1. The van der Waals surface area contributed by atoms with Crippen LogP contribution in [-0.2, 0) is 0 Å². The molecule has 0 bridgehead atoms. The summed E-state index contributed by atoms with van der Waals surface area (Å²) < 4.78 is 2.41. The second-order valence-electron chi connectivity index (χ2n) is 15.3. The number of anilines is 3. The number of nitrogens with zero attached hydrogens (tertiary/aromatic N) is 2. The van der Waals surface area contributed by atoms with Crippen LogP contribution in [-0.4, -0.2) is 4.57 Å². The molecule has 11 rings (SSSR count). The van der Waals surface area contributed by atoms with Gasteiger partial charge in [-0.25, -0.2) is 0 Å². The molecule has 282 valence electrons. The smallest absolute Gasteiger partial charge is 0.0561 e. The van der Waals surface area contributed by atoms with Crippen molar-refractivity contribution < 1.29 is 0 Å². The lowest BCUT2D eigenvalue weighted by Gasteiger charge is -2.30. The van der Waals surface area contributed by atoms with Crippen molar-refractivity contribution >= 4 is 49.6 Å². The van der Waals surface area contributed by atoms with E-state index >= 15 is 0 Å². The van der Waals surface area contributed by atoms with Crippen molar-refractivity contribution in [1.82, 2.24) is 4.57 Å². The summed E-state index contributed by atoms with van der Waals surface area (Å²) in [5.74, 6) is 0. The van der Waals surface area contributed by atoms with Crippen molar-refractivity contribution in [2.24, 2.45) is 0 Å². The van der Waals surface area contributed by atoms with E-state index in [1.165, 1.54) is 71.6 Å². The maximum Gasteiger partial charge on any atom is 0.0561 e. The van der Waals surface area contributed by atoms with Gasteiger partial charge in [-0.3, -0.25) is 0 Å². The Morgan fingerprint density at radius 1 is 0.300 bits per heavy atom. The van der Waals surface area contributed by atoms with Gasteiger partial charge in [0.25, 0.3) is 0 Å². The lowest BCUT2D eigenvalue weighted by molar-refractivity contribution is 1.18. The molecule has 0 radical (unpaired) electrons. The maximum atomic E-state index is 2.48. The molecular formula is C58H40N2. The van der Waals surface area contributed by atoms with E-state index in [9.17, 15) is 0 Å². The quantitative estimate of drug-likeness (QED) is 0.150. The molecule has 11 aromatic rings. The molecule has 2 nitrogen and oxygen atoms in total. The van der Waals surface area contributed by atoms with E-state index in [4.69, 9.17) is 0 Å². The van der Waals surface area contributed by atoms with Gasteiger partial charge in [0, 0.05) is 33.4 Å². The molecule has 0 saturated heterocycles. The Bertz CT molecular complexity index is 3300. The molecule has 10 aromatic carbocycles. The van der Waals surface area contributed by atoms with E-state index < -0.39 is 0 Å². The molecular weight excluding hydrogens is 725 g/mol. The normalized spacial score (nSPS) is 11.3. The van der Waals surface area contributed by atoms with Gasteiger partial charge in [-0.05, 0) is 98.2 Å². The van der Waals surface area contributed by atoms with Crippen LogP contribution in [0.15, 0.2) is 243 Å². The third kappa shape index (κ3) is 6.14. The zero-order valence-electron chi connectivity index (χ0n) is 33.0. The number of fused-ring (bicyclic) bond motifs is 4. The van der Waals surface area contributed by atoms with Crippen LogP contribution in [0.4, 0.5) is 17.1 Å². The van der Waals surface area contributed by atoms with E-state index in [2.05, 4.69) is 252 Å². The van der Waals surface area contributed by atoms with Crippen molar-refractivity contribution in [1.29, 1.82) is 0 Å². The molecule has 0 spiro atoms. The van der Waals surface area contributed by atoms with Crippen LogP contribution in [0.5, 0.6) is 0 Å². The van der Waals surface area contributed by atoms with Gasteiger partial charge in [0.05, 0.1) is 16.7 Å². The average molecular weight is 765 g/mol. The van der Waals surface area contributed by atoms with Crippen LogP contribution in [0.2, 0.25) is 0 Å². The molecule has 60 heavy (non-hydrogen) atoms. The molecule has 0 aliphatic rings. The molecule has 1 aromatic heterocycles. The van der Waals surface area contributed by atoms with Crippen LogP contribution < -0.4 is 4.90 Å². The summed E-state index contributed by atoms with van der Waals surface area (Å²) in [4.78, 5) is 2.48. The minimum absolute atomic E-state index is 1.07. The van der Waals surface area contributed by atoms with Crippen LogP contribution in [0.25, 0.3) is 82.8 Å². The lowest BCUT2D eigenvalue weighted by Crippen LogP contribution is -2.12. The second-order valence-corrected chi connectivity index (χ2v) is 15.3. The van der Waals surface area contributed by atoms with Crippen molar-refractivity contribution in [3.05, 3.63) is 243 Å². The number of rotatable bonds is 8. The van der Waals surface area contributed by atoms with Gasteiger partial charge in [0.1, 0.15) is 0 Å². The van der Waals surface area contributed by atoms with Gasteiger partial charge in [-0.1, -0.05) is 194 Å². The average Bonchev–Trinajstić information content (AvgIpc) is 3.66. The highest BCUT2D eigenvalue weighted by Gasteiger charge is 2.24. The summed E-state index contributed by atoms with van der Waals surface area (Å²) in [5.41, 5.74) is 16.1. The highest BCUT2D eigenvalue weighted by atomic mass is 15.1. The monoisotopic (exact) mass is 764 g/mol. The molecule has 1 heterocycles. The van der Waals surface area contributed by atoms with Crippen LogP contribution in [0.1, 0.15) is 0 Å². The summed E-state index contributed by atoms with van der Waals surface area (Å²) in [6.45, 7) is 0. The minimum atomic E-state index is 1.07. The molecule has 2 heteroatoms. The fourth-order valence-electron chi connectivity index (χ4n) is 9.11. The van der Waals surface area contributed by atoms with E-state index in [1.54, 1.807) is 0 Å². The van der Waals surface area contributed by atoms with Crippen LogP contribution >= 0.6 is 0 Å². The first-order valence-corrected chi connectivity index (χ1v) is 20.6. The van der Waals surface area contributed by atoms with Crippen LogP contribution in [0.3, 0.4) is 0 Å². The SMILES string of the molecule is c1ccc(-c2ccccc2-c2c(-c3ccccc3)cccc2N(c2cccc(-c3cccc4ccccc34)c2)c2ccc3c4ccccc4n(-c4ccccc4)c3c2)cc1. The van der Waals surface area contributed by atoms with Gasteiger partial charge in [-0.2, -0.15) is 0 Å². The fraction of sp³-hybridized carbons (Fsp3) is 0. The molecule has 0 aliphatic carbocycles. The van der Waals surface area contributed by atoms with E-state index in [0.29, 0.717) is 0 Å². The summed E-state index contributed by atoms with van der Waals surface area (Å²) in [7, 11) is 0. The largest absolute Gasteiger partial charge is 0.310 e. The molecule has 0 aliphatic heterocycles.